The predicted molar refractivity (Wildman–Crippen MR) is 174 cm³/mol. The third-order valence-corrected chi connectivity index (χ3v) is 8.36. The number of nitrogens with one attached hydrogen (secondary N) is 1. The van der Waals surface area contributed by atoms with Gasteiger partial charge in [-0.15, -0.1) is 0 Å². The lowest BCUT2D eigenvalue weighted by atomic mass is 9.83. The average Bonchev–Trinajstić information content (AvgIpc) is 2.96. The first-order chi connectivity index (χ1) is 20.5. The standard InChI is InChI=1S/C33H59N5O5/c1-8-36-20-25-15-16-26(34)33(42-25)43-32-27(35)19-28(41-7)30(31(32)40)38(6)29(39)21-37-18-17-24(5)14-10-13-23(4)12-9-11-22(2)3/h11,13,17-18,25-28,30-33,36,40H,8-10,12,14-16,19-21,34-35H2,1-7H3/b23-13+,24-17+,37-18+/t25?,26?,27?,28-,30?,31-,32-,33+/m0/s1. The van der Waals surface area contributed by atoms with Gasteiger partial charge in [0.15, 0.2) is 6.29 Å². The third kappa shape index (κ3) is 12.5. The van der Waals surface area contributed by atoms with Crippen LogP contribution in [-0.2, 0) is 19.0 Å². The van der Waals surface area contributed by atoms with Gasteiger partial charge in [-0.1, -0.05) is 35.8 Å². The van der Waals surface area contributed by atoms with Crippen LogP contribution >= 0.6 is 0 Å². The van der Waals surface area contributed by atoms with Crippen LogP contribution in [0.4, 0.5) is 0 Å². The minimum atomic E-state index is -1.09. The molecule has 0 aromatic carbocycles. The number of allylic oxidation sites excluding steroid dienone is 6. The van der Waals surface area contributed by atoms with Gasteiger partial charge >= 0.3 is 0 Å². The number of hydrogen-bond acceptors (Lipinski definition) is 9. The summed E-state index contributed by atoms with van der Waals surface area (Å²) in [5, 5.41) is 14.7. The molecule has 246 valence electrons. The molecule has 1 saturated heterocycles. The number of ether oxygens (including phenoxy) is 3. The van der Waals surface area contributed by atoms with Crippen molar-refractivity contribution in [1.29, 1.82) is 0 Å². The van der Waals surface area contributed by atoms with Gasteiger partial charge in [0.05, 0.1) is 24.3 Å². The number of aliphatic hydroxyl groups excluding tert-OH is 1. The number of carbonyl (C=O) groups excluding carboxylic acids is 1. The molecule has 2 fully saturated rings. The summed E-state index contributed by atoms with van der Waals surface area (Å²) in [5.41, 5.74) is 16.7. The summed E-state index contributed by atoms with van der Waals surface area (Å²) in [6, 6.07) is -1.49. The van der Waals surface area contributed by atoms with Crippen LogP contribution in [0.25, 0.3) is 0 Å². The van der Waals surface area contributed by atoms with Crippen LogP contribution < -0.4 is 16.8 Å². The lowest BCUT2D eigenvalue weighted by molar-refractivity contribution is -0.254. The molecule has 2 rings (SSSR count). The fourth-order valence-electron chi connectivity index (χ4n) is 5.63. The van der Waals surface area contributed by atoms with Crippen molar-refractivity contribution in [2.75, 3.05) is 33.8 Å². The molecule has 10 heteroatoms. The van der Waals surface area contributed by atoms with Crippen molar-refractivity contribution in [3.05, 3.63) is 34.9 Å². The van der Waals surface area contributed by atoms with Crippen LogP contribution in [0.1, 0.15) is 79.6 Å². The molecular formula is C33H59N5O5. The van der Waals surface area contributed by atoms with Crippen LogP contribution in [0, 0.1) is 0 Å². The number of hydrogen-bond donors (Lipinski definition) is 4. The van der Waals surface area contributed by atoms with Crippen LogP contribution in [0.2, 0.25) is 0 Å². The molecule has 1 amide bonds. The first kappa shape index (κ1) is 37.3. The second kappa shape index (κ2) is 19.5. The van der Waals surface area contributed by atoms with E-state index in [1.807, 2.05) is 13.0 Å². The van der Waals surface area contributed by atoms with Gasteiger partial charge in [0.2, 0.25) is 5.91 Å². The molecule has 6 N–H and O–H groups in total. The van der Waals surface area contributed by atoms with E-state index in [1.165, 1.54) is 21.6 Å². The first-order valence-corrected chi connectivity index (χ1v) is 15.9. The Morgan fingerprint density at radius 2 is 1.79 bits per heavy atom. The molecule has 2 aliphatic rings. The Balaban J connectivity index is 1.94. The van der Waals surface area contributed by atoms with Gasteiger partial charge < -0.3 is 41.0 Å². The fraction of sp³-hybridized carbons (Fsp3) is 0.758. The zero-order valence-electron chi connectivity index (χ0n) is 27.6. The van der Waals surface area contributed by atoms with Crippen LogP contribution in [-0.4, -0.2) is 105 Å². The normalized spacial score (nSPS) is 30.5. The minimum absolute atomic E-state index is 0.0257. The number of methoxy groups -OCH3 is 1. The Morgan fingerprint density at radius 3 is 2.47 bits per heavy atom. The van der Waals surface area contributed by atoms with E-state index in [0.717, 1.165) is 45.1 Å². The van der Waals surface area contributed by atoms with E-state index >= 15 is 0 Å². The number of nitrogens with zero attached hydrogens (tertiary/aromatic N) is 2. The molecule has 1 aliphatic carbocycles. The smallest absolute Gasteiger partial charge is 0.244 e. The molecule has 10 nitrogen and oxygen atoms in total. The summed E-state index contributed by atoms with van der Waals surface area (Å²) in [4.78, 5) is 19.0. The quantitative estimate of drug-likeness (QED) is 0.155. The lowest BCUT2D eigenvalue weighted by Gasteiger charge is -2.48. The van der Waals surface area contributed by atoms with Crippen molar-refractivity contribution in [2.24, 2.45) is 16.5 Å². The highest BCUT2D eigenvalue weighted by molar-refractivity contribution is 5.81. The molecule has 0 radical (unpaired) electrons. The number of amides is 1. The highest BCUT2D eigenvalue weighted by atomic mass is 16.7. The molecule has 4 unspecified atom stereocenters. The average molecular weight is 606 g/mol. The van der Waals surface area contributed by atoms with Crippen LogP contribution in [0.3, 0.4) is 0 Å². The largest absolute Gasteiger partial charge is 0.388 e. The maximum absolute atomic E-state index is 13.1. The molecule has 0 aromatic rings. The van der Waals surface area contributed by atoms with E-state index in [2.05, 4.69) is 50.2 Å². The Hall–Kier alpha value is -1.92. The number of likely N-dealkylation sites (N-methyl/N-ethyl adjacent to an activating group) is 2. The van der Waals surface area contributed by atoms with Crippen molar-refractivity contribution in [3.63, 3.8) is 0 Å². The number of nitrogens with two attached hydrogens (primary N) is 2. The molecule has 43 heavy (non-hydrogen) atoms. The summed E-state index contributed by atoms with van der Waals surface area (Å²) in [6.45, 7) is 12.1. The molecule has 8 atom stereocenters. The number of aliphatic hydroxyl groups is 1. The first-order valence-electron chi connectivity index (χ1n) is 15.9. The van der Waals surface area contributed by atoms with Gasteiger partial charge in [0, 0.05) is 33.0 Å². The Bertz CT molecular complexity index is 961. The number of rotatable bonds is 16. The summed E-state index contributed by atoms with van der Waals surface area (Å²) >= 11 is 0. The summed E-state index contributed by atoms with van der Waals surface area (Å²) in [5.74, 6) is -0.228. The van der Waals surface area contributed by atoms with E-state index in [-0.39, 0.29) is 24.6 Å². The SMILES string of the molecule is CCNCC1CCC(N)[C@@H](O[C@H]2C(N)C[C@H](OC)C(N(C)C(=O)C/N=C/C=C(\C)CC/C=C(\C)CCC=C(C)C)[C@@H]2O)O1. The predicted octanol–water partition coefficient (Wildman–Crippen LogP) is 3.24. The summed E-state index contributed by atoms with van der Waals surface area (Å²) in [7, 11) is 3.22. The van der Waals surface area contributed by atoms with E-state index in [4.69, 9.17) is 25.7 Å². The van der Waals surface area contributed by atoms with Crippen molar-refractivity contribution in [2.45, 2.75) is 128 Å². The van der Waals surface area contributed by atoms with E-state index in [9.17, 15) is 9.90 Å². The van der Waals surface area contributed by atoms with Gasteiger partial charge in [-0.2, -0.15) is 0 Å². The zero-order valence-corrected chi connectivity index (χ0v) is 27.6. The Labute approximate surface area is 260 Å². The molecule has 0 spiro atoms. The number of carbonyl (C=O) groups is 1. The van der Waals surface area contributed by atoms with Crippen molar-refractivity contribution in [3.8, 4) is 0 Å². The zero-order chi connectivity index (χ0) is 31.9. The van der Waals surface area contributed by atoms with E-state index < -0.39 is 36.7 Å². The highest BCUT2D eigenvalue weighted by Crippen LogP contribution is 2.30. The lowest BCUT2D eigenvalue weighted by Crippen LogP contribution is -2.66. The van der Waals surface area contributed by atoms with Crippen LogP contribution in [0.5, 0.6) is 0 Å². The topological polar surface area (TPSA) is 145 Å². The third-order valence-electron chi connectivity index (χ3n) is 8.36. The number of aliphatic imine (C=N–C) groups is 1. The highest BCUT2D eigenvalue weighted by Gasteiger charge is 2.48. The second-order valence-corrected chi connectivity index (χ2v) is 12.3. The Morgan fingerprint density at radius 1 is 1.09 bits per heavy atom. The van der Waals surface area contributed by atoms with Gasteiger partial charge in [-0.05, 0) is 85.3 Å². The van der Waals surface area contributed by atoms with E-state index in [1.54, 1.807) is 20.4 Å². The molecule has 0 bridgehead atoms. The van der Waals surface area contributed by atoms with Gasteiger partial charge in [0.1, 0.15) is 18.8 Å². The fourth-order valence-corrected chi connectivity index (χ4v) is 5.63. The molecule has 1 saturated carbocycles. The molecular weight excluding hydrogens is 546 g/mol. The maximum atomic E-state index is 13.1. The van der Waals surface area contributed by atoms with Crippen molar-refractivity contribution < 1.29 is 24.1 Å². The second-order valence-electron chi connectivity index (χ2n) is 12.3. The summed E-state index contributed by atoms with van der Waals surface area (Å²) in [6.07, 6.45) is 11.3. The molecule has 1 aliphatic heterocycles. The van der Waals surface area contributed by atoms with Crippen molar-refractivity contribution >= 4 is 12.1 Å². The van der Waals surface area contributed by atoms with Gasteiger partial charge in [0.25, 0.3) is 0 Å². The Kier molecular flexibility index (Phi) is 16.9. The minimum Gasteiger partial charge on any atom is -0.388 e. The van der Waals surface area contributed by atoms with Gasteiger partial charge in [-0.25, -0.2) is 0 Å². The van der Waals surface area contributed by atoms with Crippen molar-refractivity contribution in [1.82, 2.24) is 10.2 Å². The maximum Gasteiger partial charge on any atom is 0.244 e. The van der Waals surface area contributed by atoms with Crippen LogP contribution in [0.15, 0.2) is 39.9 Å². The van der Waals surface area contributed by atoms with E-state index in [0.29, 0.717) is 13.0 Å². The molecule has 1 heterocycles. The molecule has 0 aromatic heterocycles. The monoisotopic (exact) mass is 605 g/mol. The summed E-state index contributed by atoms with van der Waals surface area (Å²) < 4.78 is 18.0. The van der Waals surface area contributed by atoms with Gasteiger partial charge in [-0.3, -0.25) is 9.79 Å².